The Morgan fingerprint density at radius 1 is 0.941 bits per heavy atom. The van der Waals surface area contributed by atoms with Gasteiger partial charge in [0.15, 0.2) is 5.78 Å². The van der Waals surface area contributed by atoms with E-state index < -0.39 is 35.6 Å². The van der Waals surface area contributed by atoms with E-state index in [1.165, 1.54) is 6.92 Å². The molecule has 2 atom stereocenters. The molecule has 0 aliphatic carbocycles. The number of amides is 3. The number of anilines is 1. The highest BCUT2D eigenvalue weighted by Crippen LogP contribution is 2.11. The second-order valence-corrected chi connectivity index (χ2v) is 8.19. The summed E-state index contributed by atoms with van der Waals surface area (Å²) in [7, 11) is 0. The van der Waals surface area contributed by atoms with Gasteiger partial charge >= 0.3 is 0 Å². The number of Topliss-reactive ketones (excluding diaryl/α,β-unsaturated/α-hetero) is 1. The molecule has 180 valence electrons. The van der Waals surface area contributed by atoms with Gasteiger partial charge in [-0.15, -0.1) is 0 Å². The summed E-state index contributed by atoms with van der Waals surface area (Å²) in [5.41, 5.74) is 7.84. The molecule has 0 saturated heterocycles. The number of halogens is 1. The summed E-state index contributed by atoms with van der Waals surface area (Å²) in [6, 6.07) is 11.8. The van der Waals surface area contributed by atoms with Crippen LogP contribution in [-0.4, -0.2) is 41.8 Å². The molecule has 0 aromatic heterocycles. The molecule has 0 spiro atoms. The molecule has 2 aromatic rings. The first-order valence-corrected chi connectivity index (χ1v) is 11.0. The van der Waals surface area contributed by atoms with Gasteiger partial charge < -0.3 is 27.1 Å². The molecule has 9 nitrogen and oxygen atoms in total. The van der Waals surface area contributed by atoms with Gasteiger partial charge in [0.1, 0.15) is 12.1 Å². The summed E-state index contributed by atoms with van der Waals surface area (Å²) in [4.78, 5) is 49.2. The molecule has 0 fully saturated rings. The summed E-state index contributed by atoms with van der Waals surface area (Å²) in [6.45, 7) is 1.49. The molecule has 0 bridgehead atoms. The van der Waals surface area contributed by atoms with Crippen LogP contribution >= 0.6 is 11.6 Å². The van der Waals surface area contributed by atoms with Crippen LogP contribution in [0.5, 0.6) is 0 Å². The van der Waals surface area contributed by atoms with Crippen LogP contribution in [0.15, 0.2) is 48.5 Å². The maximum absolute atomic E-state index is 13.0. The van der Waals surface area contributed by atoms with Gasteiger partial charge in [0.25, 0.3) is 0 Å². The van der Waals surface area contributed by atoms with Crippen LogP contribution in [0, 0.1) is 5.41 Å². The van der Waals surface area contributed by atoms with Crippen LogP contribution in [0.3, 0.4) is 0 Å². The molecule has 6 N–H and O–H groups in total. The van der Waals surface area contributed by atoms with Crippen molar-refractivity contribution in [2.45, 2.75) is 44.8 Å². The second kappa shape index (κ2) is 13.1. The van der Waals surface area contributed by atoms with Crippen LogP contribution in [0.2, 0.25) is 5.02 Å². The van der Waals surface area contributed by atoms with Gasteiger partial charge in [-0.05, 0) is 41.8 Å². The summed E-state index contributed by atoms with van der Waals surface area (Å²) < 4.78 is 0. The fourth-order valence-electron chi connectivity index (χ4n) is 3.16. The Hall–Kier alpha value is -3.72. The van der Waals surface area contributed by atoms with Crippen molar-refractivity contribution in [2.24, 2.45) is 0 Å². The Balaban J connectivity index is 2.12. The standard InChI is InChI=1S/C24H28ClN5O4/c1-15(31)29-22(12-16-4-8-19(27)9-5-16)24(34)30-21(11-10-20(32)13-26)23(33)28-14-17-2-6-18(25)7-3-17/h2-9,13,21-22,26H,10-12,14,27H2,1H3,(H,28,33)(H,29,31)(H,30,34)/t21-,22-/m0/s1. The van der Waals surface area contributed by atoms with Gasteiger partial charge in [-0.2, -0.15) is 0 Å². The van der Waals surface area contributed by atoms with Crippen molar-refractivity contribution in [3.63, 3.8) is 0 Å². The average molecular weight is 486 g/mol. The van der Waals surface area contributed by atoms with Crippen molar-refractivity contribution in [2.75, 3.05) is 5.73 Å². The first-order valence-electron chi connectivity index (χ1n) is 10.6. The second-order valence-electron chi connectivity index (χ2n) is 7.75. The highest BCUT2D eigenvalue weighted by atomic mass is 35.5. The topological polar surface area (TPSA) is 154 Å². The van der Waals surface area contributed by atoms with Crippen molar-refractivity contribution in [1.29, 1.82) is 5.41 Å². The lowest BCUT2D eigenvalue weighted by atomic mass is 10.0. The summed E-state index contributed by atoms with van der Waals surface area (Å²) in [5.74, 6) is -1.93. The number of carbonyl (C=O) groups is 4. The third-order valence-corrected chi connectivity index (χ3v) is 5.22. The SMILES string of the molecule is CC(=O)N[C@@H](Cc1ccc(N)cc1)C(=O)N[C@@H](CCC(=O)C=N)C(=O)NCc1ccc(Cl)cc1. The number of ketones is 1. The molecule has 2 aromatic carbocycles. The molecule has 34 heavy (non-hydrogen) atoms. The molecule has 0 aliphatic rings. The number of nitrogen functional groups attached to an aromatic ring is 1. The van der Waals surface area contributed by atoms with Crippen molar-refractivity contribution < 1.29 is 19.2 Å². The number of hydrogen-bond acceptors (Lipinski definition) is 6. The maximum atomic E-state index is 13.0. The number of nitrogens with one attached hydrogen (secondary N) is 4. The lowest BCUT2D eigenvalue weighted by Crippen LogP contribution is -2.54. The lowest BCUT2D eigenvalue weighted by Gasteiger charge is -2.23. The normalized spacial score (nSPS) is 12.2. The monoisotopic (exact) mass is 485 g/mol. The minimum Gasteiger partial charge on any atom is -0.399 e. The van der Waals surface area contributed by atoms with Crippen LogP contribution in [-0.2, 0) is 32.1 Å². The third kappa shape index (κ3) is 9.03. The Morgan fingerprint density at radius 3 is 2.15 bits per heavy atom. The smallest absolute Gasteiger partial charge is 0.243 e. The van der Waals surface area contributed by atoms with Crippen molar-refractivity contribution in [1.82, 2.24) is 16.0 Å². The van der Waals surface area contributed by atoms with Crippen LogP contribution in [0.4, 0.5) is 5.69 Å². The minimum atomic E-state index is -1.04. The molecule has 0 aliphatic heterocycles. The van der Waals surface area contributed by atoms with E-state index in [9.17, 15) is 19.2 Å². The molecule has 0 radical (unpaired) electrons. The maximum Gasteiger partial charge on any atom is 0.243 e. The number of carbonyl (C=O) groups excluding carboxylic acids is 4. The van der Waals surface area contributed by atoms with Gasteiger partial charge in [-0.25, -0.2) is 0 Å². The van der Waals surface area contributed by atoms with Crippen LogP contribution < -0.4 is 21.7 Å². The fourth-order valence-corrected chi connectivity index (χ4v) is 3.28. The van der Waals surface area contributed by atoms with Crippen molar-refractivity contribution in [3.8, 4) is 0 Å². The molecule has 2 rings (SSSR count). The molecular formula is C24H28ClN5O4. The Bertz CT molecular complexity index is 1020. The molecule has 3 amide bonds. The van der Waals surface area contributed by atoms with E-state index in [0.717, 1.165) is 11.1 Å². The summed E-state index contributed by atoms with van der Waals surface area (Å²) >= 11 is 5.88. The zero-order valence-corrected chi connectivity index (χ0v) is 19.5. The van der Waals surface area contributed by atoms with Crippen molar-refractivity contribution in [3.05, 3.63) is 64.7 Å². The zero-order chi connectivity index (χ0) is 25.1. The first-order chi connectivity index (χ1) is 16.2. The van der Waals surface area contributed by atoms with Gasteiger partial charge in [0.2, 0.25) is 17.7 Å². The van der Waals surface area contributed by atoms with E-state index in [1.54, 1.807) is 48.5 Å². The number of hydrogen-bond donors (Lipinski definition) is 5. The third-order valence-electron chi connectivity index (χ3n) is 4.97. The molecule has 0 unspecified atom stereocenters. The quantitative estimate of drug-likeness (QED) is 0.229. The largest absolute Gasteiger partial charge is 0.399 e. The van der Waals surface area contributed by atoms with E-state index in [1.807, 2.05) is 0 Å². The molecular weight excluding hydrogens is 458 g/mol. The van der Waals surface area contributed by atoms with Gasteiger partial charge in [0.05, 0.1) is 6.21 Å². The highest BCUT2D eigenvalue weighted by Gasteiger charge is 2.26. The predicted molar refractivity (Wildman–Crippen MR) is 130 cm³/mol. The summed E-state index contributed by atoms with van der Waals surface area (Å²) in [6.07, 6.45) is 0.766. The van der Waals surface area contributed by atoms with E-state index in [2.05, 4.69) is 16.0 Å². The first kappa shape index (κ1) is 26.5. The Morgan fingerprint density at radius 2 is 1.56 bits per heavy atom. The molecule has 10 heteroatoms. The Labute approximate surface area is 202 Å². The van der Waals surface area contributed by atoms with E-state index >= 15 is 0 Å². The lowest BCUT2D eigenvalue weighted by molar-refractivity contribution is -0.132. The van der Waals surface area contributed by atoms with Crippen LogP contribution in [0.25, 0.3) is 0 Å². The summed E-state index contributed by atoms with van der Waals surface area (Å²) in [5, 5.41) is 15.6. The van der Waals surface area contributed by atoms with Crippen molar-refractivity contribution >= 4 is 47.0 Å². The fraction of sp³-hybridized carbons (Fsp3) is 0.292. The van der Waals surface area contributed by atoms with E-state index in [-0.39, 0.29) is 25.8 Å². The van der Waals surface area contributed by atoms with Gasteiger partial charge in [-0.3, -0.25) is 19.2 Å². The molecule has 0 heterocycles. The van der Waals surface area contributed by atoms with E-state index in [0.29, 0.717) is 16.9 Å². The number of benzene rings is 2. The number of rotatable bonds is 12. The van der Waals surface area contributed by atoms with Gasteiger partial charge in [0, 0.05) is 37.0 Å². The van der Waals surface area contributed by atoms with Crippen LogP contribution in [0.1, 0.15) is 30.9 Å². The Kier molecular flexibility index (Phi) is 10.2. The highest BCUT2D eigenvalue weighted by molar-refractivity contribution is 6.30. The average Bonchev–Trinajstić information content (AvgIpc) is 2.81. The minimum absolute atomic E-state index is 0.00106. The predicted octanol–water partition coefficient (Wildman–Crippen LogP) is 1.77. The number of nitrogens with two attached hydrogens (primary N) is 1. The van der Waals surface area contributed by atoms with E-state index in [4.69, 9.17) is 22.7 Å². The van der Waals surface area contributed by atoms with Gasteiger partial charge in [-0.1, -0.05) is 35.9 Å². The molecule has 0 saturated carbocycles. The zero-order valence-electron chi connectivity index (χ0n) is 18.8.